The van der Waals surface area contributed by atoms with Crippen molar-refractivity contribution >= 4 is 28.7 Å². The van der Waals surface area contributed by atoms with Crippen LogP contribution in [0.1, 0.15) is 19.3 Å². The molecule has 2 amide bonds. The van der Waals surface area contributed by atoms with Crippen LogP contribution in [-0.4, -0.2) is 84.2 Å². The Kier molecular flexibility index (Phi) is 6.22. The van der Waals surface area contributed by atoms with Crippen molar-refractivity contribution in [3.8, 4) is 0 Å². The molecule has 2 saturated heterocycles. The molecule has 1 aromatic heterocycles. The zero-order valence-electron chi connectivity index (χ0n) is 18.1. The normalized spacial score (nSPS) is 19.1. The van der Waals surface area contributed by atoms with Crippen molar-refractivity contribution in [3.05, 3.63) is 34.6 Å². The number of anilines is 1. The molecule has 31 heavy (non-hydrogen) atoms. The van der Waals surface area contributed by atoms with Crippen LogP contribution in [0.2, 0.25) is 0 Å². The summed E-state index contributed by atoms with van der Waals surface area (Å²) in [5, 5.41) is 0. The van der Waals surface area contributed by atoms with Gasteiger partial charge in [0, 0.05) is 59.8 Å². The molecule has 0 spiro atoms. The molecule has 0 bridgehead atoms. The smallest absolute Gasteiger partial charge is 0.293 e. The highest BCUT2D eigenvalue weighted by atomic mass is 16.5. The number of carbonyl (C=O) groups excluding carboxylic acids is 2. The molecule has 1 unspecified atom stereocenters. The fraction of sp³-hybridized carbons (Fsp3) is 0.545. The van der Waals surface area contributed by atoms with Crippen molar-refractivity contribution < 1.29 is 14.3 Å². The predicted molar refractivity (Wildman–Crippen MR) is 117 cm³/mol. The summed E-state index contributed by atoms with van der Waals surface area (Å²) < 4.78 is 7.12. The molecule has 0 saturated carbocycles. The Morgan fingerprint density at radius 3 is 2.52 bits per heavy atom. The Labute approximate surface area is 181 Å². The van der Waals surface area contributed by atoms with E-state index in [-0.39, 0.29) is 36.4 Å². The first kappa shape index (κ1) is 21.3. The number of para-hydroxylation sites is 2. The topological polar surface area (TPSA) is 88.0 Å². The summed E-state index contributed by atoms with van der Waals surface area (Å²) in [5.41, 5.74) is 1.24. The SMILES string of the molecule is CN(C)c1nc2ccccc2n(CCC(=O)N2CCN(C(=O)C3CCCO3)CC2)c1=O. The summed E-state index contributed by atoms with van der Waals surface area (Å²) in [6.45, 7) is 2.99. The molecule has 1 aromatic carbocycles. The lowest BCUT2D eigenvalue weighted by Gasteiger charge is -2.35. The van der Waals surface area contributed by atoms with Crippen LogP contribution < -0.4 is 10.5 Å². The number of piperazine rings is 1. The fourth-order valence-corrected chi connectivity index (χ4v) is 4.21. The summed E-state index contributed by atoms with van der Waals surface area (Å²) in [5.74, 6) is 0.381. The van der Waals surface area contributed by atoms with E-state index in [1.165, 1.54) is 0 Å². The number of aromatic nitrogens is 2. The van der Waals surface area contributed by atoms with Gasteiger partial charge in [0.15, 0.2) is 5.82 Å². The highest BCUT2D eigenvalue weighted by molar-refractivity contribution is 5.82. The van der Waals surface area contributed by atoms with Gasteiger partial charge in [0.2, 0.25) is 5.91 Å². The number of benzene rings is 1. The van der Waals surface area contributed by atoms with Gasteiger partial charge in [-0.1, -0.05) is 12.1 Å². The average Bonchev–Trinajstić information content (AvgIpc) is 3.32. The molecule has 2 aliphatic heterocycles. The van der Waals surface area contributed by atoms with E-state index in [1.807, 2.05) is 24.3 Å². The fourth-order valence-electron chi connectivity index (χ4n) is 4.21. The van der Waals surface area contributed by atoms with Gasteiger partial charge in [0.05, 0.1) is 11.0 Å². The van der Waals surface area contributed by atoms with Gasteiger partial charge in [-0.2, -0.15) is 0 Å². The van der Waals surface area contributed by atoms with Gasteiger partial charge in [-0.15, -0.1) is 0 Å². The number of nitrogens with zero attached hydrogens (tertiary/aromatic N) is 5. The number of ether oxygens (including phenoxy) is 1. The van der Waals surface area contributed by atoms with Gasteiger partial charge >= 0.3 is 0 Å². The molecule has 9 heteroatoms. The van der Waals surface area contributed by atoms with E-state index in [0.29, 0.717) is 38.6 Å². The predicted octanol–water partition coefficient (Wildman–Crippen LogP) is 0.702. The van der Waals surface area contributed by atoms with E-state index in [1.54, 1.807) is 33.4 Å². The summed E-state index contributed by atoms with van der Waals surface area (Å²) in [6, 6.07) is 7.46. The lowest BCUT2D eigenvalue weighted by molar-refractivity contribution is -0.146. The van der Waals surface area contributed by atoms with E-state index < -0.39 is 0 Å². The molecular formula is C22H29N5O4. The van der Waals surface area contributed by atoms with E-state index in [2.05, 4.69) is 4.98 Å². The molecule has 0 radical (unpaired) electrons. The maximum absolute atomic E-state index is 12.9. The van der Waals surface area contributed by atoms with Crippen molar-refractivity contribution in [1.82, 2.24) is 19.4 Å². The molecule has 9 nitrogen and oxygen atoms in total. The molecule has 2 fully saturated rings. The number of hydrogen-bond acceptors (Lipinski definition) is 6. The highest BCUT2D eigenvalue weighted by Gasteiger charge is 2.31. The Bertz CT molecular complexity index is 1020. The number of carbonyl (C=O) groups is 2. The second kappa shape index (κ2) is 9.05. The average molecular weight is 428 g/mol. The maximum atomic E-state index is 12.9. The van der Waals surface area contributed by atoms with Gasteiger partial charge < -0.3 is 24.0 Å². The molecule has 0 N–H and O–H groups in total. The van der Waals surface area contributed by atoms with Crippen molar-refractivity contribution in [2.75, 3.05) is 51.8 Å². The van der Waals surface area contributed by atoms with Crippen LogP contribution in [0.25, 0.3) is 11.0 Å². The van der Waals surface area contributed by atoms with Crippen molar-refractivity contribution in [2.24, 2.45) is 0 Å². The number of fused-ring (bicyclic) bond motifs is 1. The number of hydrogen-bond donors (Lipinski definition) is 0. The van der Waals surface area contributed by atoms with E-state index >= 15 is 0 Å². The highest BCUT2D eigenvalue weighted by Crippen LogP contribution is 2.17. The summed E-state index contributed by atoms with van der Waals surface area (Å²) in [6.07, 6.45) is 1.61. The van der Waals surface area contributed by atoms with Crippen LogP contribution in [-0.2, 0) is 20.9 Å². The van der Waals surface area contributed by atoms with E-state index in [0.717, 1.165) is 23.9 Å². The van der Waals surface area contributed by atoms with Crippen LogP contribution in [0.5, 0.6) is 0 Å². The molecular weight excluding hydrogens is 398 g/mol. The van der Waals surface area contributed by atoms with Crippen LogP contribution in [0.4, 0.5) is 5.82 Å². The lowest BCUT2D eigenvalue weighted by Crippen LogP contribution is -2.53. The monoisotopic (exact) mass is 427 g/mol. The summed E-state index contributed by atoms with van der Waals surface area (Å²) in [7, 11) is 3.57. The number of amides is 2. The van der Waals surface area contributed by atoms with Gasteiger partial charge in [-0.3, -0.25) is 14.4 Å². The third kappa shape index (κ3) is 4.41. The van der Waals surface area contributed by atoms with Gasteiger partial charge in [0.25, 0.3) is 11.5 Å². The standard InChI is InChI=1S/C22H29N5O4/c1-24(2)20-22(30)27(17-7-4-3-6-16(17)23-20)10-9-19(28)25-11-13-26(14-12-25)21(29)18-8-5-15-31-18/h3-4,6-7,18H,5,8-15H2,1-2H3. The van der Waals surface area contributed by atoms with Crippen molar-refractivity contribution in [3.63, 3.8) is 0 Å². The minimum Gasteiger partial charge on any atom is -0.368 e. The third-order valence-electron chi connectivity index (χ3n) is 5.96. The molecule has 4 rings (SSSR count). The van der Waals surface area contributed by atoms with E-state index in [9.17, 15) is 14.4 Å². The van der Waals surface area contributed by atoms with Crippen LogP contribution >= 0.6 is 0 Å². The first-order valence-corrected chi connectivity index (χ1v) is 10.8. The van der Waals surface area contributed by atoms with Gasteiger partial charge in [-0.25, -0.2) is 4.98 Å². The quantitative estimate of drug-likeness (QED) is 0.698. The number of aryl methyl sites for hydroxylation is 1. The first-order valence-electron chi connectivity index (χ1n) is 10.8. The Morgan fingerprint density at radius 2 is 1.84 bits per heavy atom. The van der Waals surface area contributed by atoms with Crippen molar-refractivity contribution in [1.29, 1.82) is 0 Å². The zero-order chi connectivity index (χ0) is 22.0. The van der Waals surface area contributed by atoms with Gasteiger partial charge in [-0.05, 0) is 25.0 Å². The van der Waals surface area contributed by atoms with Gasteiger partial charge in [0.1, 0.15) is 6.10 Å². The molecule has 3 heterocycles. The largest absolute Gasteiger partial charge is 0.368 e. The molecule has 1 atom stereocenters. The molecule has 0 aliphatic carbocycles. The van der Waals surface area contributed by atoms with E-state index in [4.69, 9.17) is 4.74 Å². The van der Waals surface area contributed by atoms with Crippen molar-refractivity contribution in [2.45, 2.75) is 31.9 Å². The second-order valence-corrected chi connectivity index (χ2v) is 8.23. The number of rotatable bonds is 5. The Morgan fingerprint density at radius 1 is 1.13 bits per heavy atom. The zero-order valence-corrected chi connectivity index (χ0v) is 18.1. The van der Waals surface area contributed by atoms with Crippen LogP contribution in [0, 0.1) is 0 Å². The second-order valence-electron chi connectivity index (χ2n) is 8.23. The molecule has 166 valence electrons. The Hall–Kier alpha value is -2.94. The first-order chi connectivity index (χ1) is 15.0. The minimum atomic E-state index is -0.319. The lowest BCUT2D eigenvalue weighted by atomic mass is 10.2. The maximum Gasteiger partial charge on any atom is 0.293 e. The summed E-state index contributed by atoms with van der Waals surface area (Å²) >= 11 is 0. The van der Waals surface area contributed by atoms with Crippen LogP contribution in [0.3, 0.4) is 0 Å². The molecule has 2 aliphatic rings. The Balaban J connectivity index is 1.40. The molecule has 2 aromatic rings. The summed E-state index contributed by atoms with van der Waals surface area (Å²) in [4.78, 5) is 48.0. The van der Waals surface area contributed by atoms with Crippen LogP contribution in [0.15, 0.2) is 29.1 Å². The minimum absolute atomic E-state index is 0.0107. The third-order valence-corrected chi connectivity index (χ3v) is 5.96.